The van der Waals surface area contributed by atoms with E-state index in [-0.39, 0.29) is 23.8 Å². The number of carbonyl (C=O) groups is 2. The molecule has 1 aromatic heterocycles. The summed E-state index contributed by atoms with van der Waals surface area (Å²) >= 11 is 0. The van der Waals surface area contributed by atoms with E-state index >= 15 is 0 Å². The molecular formula is C26H35FN4O4. The van der Waals surface area contributed by atoms with E-state index in [1.165, 1.54) is 19.2 Å². The van der Waals surface area contributed by atoms with Crippen molar-refractivity contribution < 1.29 is 23.5 Å². The summed E-state index contributed by atoms with van der Waals surface area (Å²) < 4.78 is 26.3. The second kappa shape index (κ2) is 11.2. The van der Waals surface area contributed by atoms with Crippen LogP contribution in [0.2, 0.25) is 0 Å². The number of nitrogens with zero attached hydrogens (tertiary/aromatic N) is 3. The third kappa shape index (κ3) is 6.20. The van der Waals surface area contributed by atoms with Crippen molar-refractivity contribution in [3.8, 4) is 5.69 Å². The maximum absolute atomic E-state index is 14.0. The SMILES string of the molecule is COC(=O)NCCCc1cc([C@@H](C)N(C(=O)[C@H]2CC[C@@H](C)CO2)C2CC2)nn1-c1cccc(F)c1. The van der Waals surface area contributed by atoms with Gasteiger partial charge in [-0.15, -0.1) is 0 Å². The lowest BCUT2D eigenvalue weighted by Gasteiger charge is -2.34. The number of rotatable bonds is 9. The minimum Gasteiger partial charge on any atom is -0.453 e. The van der Waals surface area contributed by atoms with Crippen LogP contribution < -0.4 is 5.32 Å². The van der Waals surface area contributed by atoms with E-state index in [9.17, 15) is 14.0 Å². The van der Waals surface area contributed by atoms with E-state index in [0.717, 1.165) is 37.1 Å². The Balaban J connectivity index is 1.56. The fourth-order valence-electron chi connectivity index (χ4n) is 4.61. The number of hydrogen-bond acceptors (Lipinski definition) is 5. The number of hydrogen-bond donors (Lipinski definition) is 1. The molecule has 2 aromatic rings. The number of halogens is 1. The first-order chi connectivity index (χ1) is 16.9. The van der Waals surface area contributed by atoms with Crippen molar-refractivity contribution in [2.24, 2.45) is 5.92 Å². The maximum Gasteiger partial charge on any atom is 0.406 e. The molecule has 0 unspecified atom stereocenters. The molecule has 1 saturated heterocycles. The zero-order valence-corrected chi connectivity index (χ0v) is 20.7. The van der Waals surface area contributed by atoms with Gasteiger partial charge >= 0.3 is 6.09 Å². The second-order valence-electron chi connectivity index (χ2n) is 9.63. The van der Waals surface area contributed by atoms with Gasteiger partial charge in [-0.3, -0.25) is 4.79 Å². The van der Waals surface area contributed by atoms with Gasteiger partial charge in [-0.1, -0.05) is 13.0 Å². The number of alkyl carbamates (subject to hydrolysis) is 1. The van der Waals surface area contributed by atoms with Crippen LogP contribution in [0.3, 0.4) is 0 Å². The Morgan fingerprint density at radius 2 is 2.09 bits per heavy atom. The molecule has 35 heavy (non-hydrogen) atoms. The lowest BCUT2D eigenvalue weighted by atomic mass is 9.99. The molecule has 1 N–H and O–H groups in total. The van der Waals surface area contributed by atoms with Gasteiger partial charge in [0.25, 0.3) is 5.91 Å². The second-order valence-corrected chi connectivity index (χ2v) is 9.63. The number of aromatic nitrogens is 2. The molecule has 4 rings (SSSR count). The lowest BCUT2D eigenvalue weighted by molar-refractivity contribution is -0.151. The zero-order chi connectivity index (χ0) is 24.9. The van der Waals surface area contributed by atoms with Crippen molar-refractivity contribution in [1.82, 2.24) is 20.0 Å². The highest BCUT2D eigenvalue weighted by molar-refractivity contribution is 5.82. The smallest absolute Gasteiger partial charge is 0.406 e. The van der Waals surface area contributed by atoms with Crippen molar-refractivity contribution in [3.63, 3.8) is 0 Å². The Bertz CT molecular complexity index is 1030. The molecule has 0 bridgehead atoms. The summed E-state index contributed by atoms with van der Waals surface area (Å²) in [5.41, 5.74) is 2.26. The Hall–Kier alpha value is -2.94. The Morgan fingerprint density at radius 1 is 1.29 bits per heavy atom. The zero-order valence-electron chi connectivity index (χ0n) is 20.7. The van der Waals surface area contributed by atoms with Gasteiger partial charge in [-0.2, -0.15) is 5.10 Å². The molecule has 1 saturated carbocycles. The molecule has 1 aliphatic carbocycles. The first-order valence-corrected chi connectivity index (χ1v) is 12.5. The fraction of sp³-hybridized carbons (Fsp3) is 0.577. The van der Waals surface area contributed by atoms with Crippen LogP contribution in [-0.2, 0) is 20.7 Å². The van der Waals surface area contributed by atoms with E-state index in [4.69, 9.17) is 9.84 Å². The third-order valence-electron chi connectivity index (χ3n) is 6.74. The molecule has 9 heteroatoms. The summed E-state index contributed by atoms with van der Waals surface area (Å²) in [6.45, 7) is 5.20. The van der Waals surface area contributed by atoms with E-state index in [1.54, 1.807) is 10.7 Å². The van der Waals surface area contributed by atoms with Crippen LogP contribution in [0.1, 0.15) is 63.4 Å². The molecule has 1 aromatic carbocycles. The number of benzene rings is 1. The van der Waals surface area contributed by atoms with Crippen LogP contribution in [0.5, 0.6) is 0 Å². The summed E-state index contributed by atoms with van der Waals surface area (Å²) in [6.07, 6.45) is 4.09. The molecule has 0 radical (unpaired) electrons. The van der Waals surface area contributed by atoms with Gasteiger partial charge in [0.05, 0.1) is 31.1 Å². The van der Waals surface area contributed by atoms with Gasteiger partial charge in [0.2, 0.25) is 0 Å². The van der Waals surface area contributed by atoms with Gasteiger partial charge in [0.1, 0.15) is 11.9 Å². The number of aryl methyl sites for hydroxylation is 1. The number of carbonyl (C=O) groups excluding carboxylic acids is 2. The molecule has 3 atom stereocenters. The topological polar surface area (TPSA) is 85.7 Å². The predicted octanol–water partition coefficient (Wildman–Crippen LogP) is 4.17. The standard InChI is InChI=1S/C26H35FN4O4/c1-17-9-12-24(35-16-17)25(32)30(20-10-11-20)18(2)23-15-22(8-5-13-28-26(33)34-3)31(29-23)21-7-4-6-19(27)14-21/h4,6-7,14-15,17-18,20,24H,5,8-13,16H2,1-3H3,(H,28,33)/t17-,18-,24-/m1/s1. The molecule has 0 spiro atoms. The maximum atomic E-state index is 14.0. The first kappa shape index (κ1) is 25.2. The minimum atomic E-state index is -0.476. The average Bonchev–Trinajstić information content (AvgIpc) is 3.59. The molecule has 2 amide bonds. The molecular weight excluding hydrogens is 451 g/mol. The largest absolute Gasteiger partial charge is 0.453 e. The minimum absolute atomic E-state index is 0.0380. The summed E-state index contributed by atoms with van der Waals surface area (Å²) in [7, 11) is 1.33. The van der Waals surface area contributed by atoms with Crippen LogP contribution >= 0.6 is 0 Å². The average molecular weight is 487 g/mol. The summed E-state index contributed by atoms with van der Waals surface area (Å²) in [4.78, 5) is 26.8. The number of amides is 2. The van der Waals surface area contributed by atoms with Crippen LogP contribution in [0.4, 0.5) is 9.18 Å². The summed E-state index contributed by atoms with van der Waals surface area (Å²) in [5, 5.41) is 7.50. The van der Waals surface area contributed by atoms with E-state index in [2.05, 4.69) is 17.0 Å². The van der Waals surface area contributed by atoms with Crippen LogP contribution in [0.15, 0.2) is 30.3 Å². The molecule has 2 aliphatic rings. The van der Waals surface area contributed by atoms with E-state index < -0.39 is 12.2 Å². The monoisotopic (exact) mass is 486 g/mol. The van der Waals surface area contributed by atoms with Gasteiger partial charge in [-0.05, 0) is 75.6 Å². The number of methoxy groups -OCH3 is 1. The highest BCUT2D eigenvalue weighted by atomic mass is 19.1. The van der Waals surface area contributed by atoms with Crippen molar-refractivity contribution in [3.05, 3.63) is 47.5 Å². The lowest BCUT2D eigenvalue weighted by Crippen LogP contribution is -2.45. The molecule has 190 valence electrons. The number of nitrogens with one attached hydrogen (secondary N) is 1. The molecule has 2 heterocycles. The Morgan fingerprint density at radius 3 is 2.74 bits per heavy atom. The Kier molecular flexibility index (Phi) is 8.05. The van der Waals surface area contributed by atoms with E-state index in [0.29, 0.717) is 37.6 Å². The predicted molar refractivity (Wildman–Crippen MR) is 129 cm³/mol. The van der Waals surface area contributed by atoms with Crippen LogP contribution in [-0.4, -0.2) is 59.1 Å². The van der Waals surface area contributed by atoms with Crippen molar-refractivity contribution >= 4 is 12.0 Å². The first-order valence-electron chi connectivity index (χ1n) is 12.5. The van der Waals surface area contributed by atoms with E-state index in [1.807, 2.05) is 24.0 Å². The van der Waals surface area contributed by atoms with Gasteiger partial charge in [-0.25, -0.2) is 13.9 Å². The molecule has 1 aliphatic heterocycles. The summed E-state index contributed by atoms with van der Waals surface area (Å²) in [5.74, 6) is 0.171. The quantitative estimate of drug-likeness (QED) is 0.538. The highest BCUT2D eigenvalue weighted by Crippen LogP contribution is 2.36. The Labute approximate surface area is 205 Å². The van der Waals surface area contributed by atoms with Gasteiger partial charge < -0.3 is 19.7 Å². The molecule has 8 nitrogen and oxygen atoms in total. The summed E-state index contributed by atoms with van der Waals surface area (Å²) in [6, 6.07) is 8.25. The fourth-order valence-corrected chi connectivity index (χ4v) is 4.61. The highest BCUT2D eigenvalue weighted by Gasteiger charge is 2.41. The normalized spacial score (nSPS) is 20.8. The van der Waals surface area contributed by atoms with Crippen molar-refractivity contribution in [2.75, 3.05) is 20.3 Å². The van der Waals surface area contributed by atoms with Gasteiger partial charge in [0.15, 0.2) is 0 Å². The van der Waals surface area contributed by atoms with Gasteiger partial charge in [0, 0.05) is 18.3 Å². The third-order valence-corrected chi connectivity index (χ3v) is 6.74. The van der Waals surface area contributed by atoms with Crippen molar-refractivity contribution in [1.29, 1.82) is 0 Å². The van der Waals surface area contributed by atoms with Crippen molar-refractivity contribution in [2.45, 2.75) is 70.6 Å². The molecule has 2 fully saturated rings. The van der Waals surface area contributed by atoms with Crippen LogP contribution in [0, 0.1) is 11.7 Å². The van der Waals surface area contributed by atoms with Crippen LogP contribution in [0.25, 0.3) is 5.69 Å². The number of ether oxygens (including phenoxy) is 2.